The largest absolute Gasteiger partial charge is 0.512 e. The van der Waals surface area contributed by atoms with Crippen LogP contribution in [0, 0.1) is 37.2 Å². The zero-order chi connectivity index (χ0) is 39.4. The summed E-state index contributed by atoms with van der Waals surface area (Å²) < 4.78 is 1.15. The van der Waals surface area contributed by atoms with E-state index in [1.165, 1.54) is 69.8 Å². The first kappa shape index (κ1) is 44.5. The number of aliphatic hydroxyl groups excluding tert-OH is 1. The van der Waals surface area contributed by atoms with Crippen LogP contribution in [0.2, 0.25) is 0 Å². The molecular formula is C49H63IrN2O2S-. The van der Waals surface area contributed by atoms with Gasteiger partial charge in [0.15, 0.2) is 5.78 Å². The Bertz CT molecular complexity index is 2100. The number of hydrogen-bond donors (Lipinski definition) is 1. The van der Waals surface area contributed by atoms with Crippen molar-refractivity contribution in [2.45, 2.75) is 139 Å². The van der Waals surface area contributed by atoms with Gasteiger partial charge in [-0.25, -0.2) is 4.98 Å². The van der Waals surface area contributed by atoms with E-state index >= 15 is 0 Å². The maximum atomic E-state index is 11.7. The van der Waals surface area contributed by atoms with Crippen molar-refractivity contribution >= 4 is 38.1 Å². The molecule has 2 heterocycles. The number of aromatic nitrogens is 2. The minimum absolute atomic E-state index is 0. The van der Waals surface area contributed by atoms with E-state index in [0.717, 1.165) is 52.5 Å². The maximum absolute atomic E-state index is 11.7. The standard InChI is InChI=1S/C36H39N2S.C13H24O2.Ir/c1-22-18-25(24-14-16-36(6,7)17-15-24)12-13-28(22)33-23(2)31-34(39-33)32(38-21-37-31)27-19-26-10-8-9-11-29(26)30(20-27)35(3,4)5;1-5-10(6-2)12(14)9-13(15)11(7-3)8-4;/h8-13,18,20-21,24H,14-17H2,1-7H3;9-11,14H,5-8H2,1-4H3;/q-1;;/b;12-9-;. The molecule has 5 aromatic rings. The fourth-order valence-corrected chi connectivity index (χ4v) is 9.51. The molecule has 1 aliphatic carbocycles. The predicted molar refractivity (Wildman–Crippen MR) is 232 cm³/mol. The van der Waals surface area contributed by atoms with Crippen molar-refractivity contribution in [3.05, 3.63) is 95.0 Å². The van der Waals surface area contributed by atoms with Crippen LogP contribution in [0.15, 0.2) is 66.7 Å². The SMILES string of the molecule is CCC(CC)C(=O)/C=C(\O)C(CC)CC.Cc1cc(C2CCC(C)(C)CC2)ccc1-c1sc2c(-c3[c-]c4ccccc4c(C(C)(C)C)c3)ncnc2c1C.[Ir]. The van der Waals surface area contributed by atoms with Crippen LogP contribution in [-0.2, 0) is 30.3 Å². The quantitative estimate of drug-likeness (QED) is 0.0861. The number of allylic oxidation sites excluding steroid dienone is 2. The molecule has 0 bridgehead atoms. The summed E-state index contributed by atoms with van der Waals surface area (Å²) in [7, 11) is 0. The van der Waals surface area contributed by atoms with Gasteiger partial charge in [-0.3, -0.25) is 9.78 Å². The minimum atomic E-state index is 0. The van der Waals surface area contributed by atoms with Crippen LogP contribution in [0.1, 0.15) is 142 Å². The molecule has 3 aromatic carbocycles. The van der Waals surface area contributed by atoms with Crippen molar-refractivity contribution in [2.75, 3.05) is 0 Å². The Morgan fingerprint density at radius 2 is 1.58 bits per heavy atom. The molecule has 0 atom stereocenters. The van der Waals surface area contributed by atoms with Crippen LogP contribution in [0.5, 0.6) is 0 Å². The average Bonchev–Trinajstić information content (AvgIpc) is 3.47. The van der Waals surface area contributed by atoms with Crippen LogP contribution in [0.4, 0.5) is 0 Å². The van der Waals surface area contributed by atoms with E-state index in [2.05, 4.69) is 103 Å². The second-order valence-electron chi connectivity index (χ2n) is 17.4. The first-order valence-electron chi connectivity index (χ1n) is 20.4. The molecule has 1 fully saturated rings. The minimum Gasteiger partial charge on any atom is -0.512 e. The van der Waals surface area contributed by atoms with Gasteiger partial charge in [-0.2, -0.15) is 0 Å². The number of carbonyl (C=O) groups excluding carboxylic acids is 1. The molecule has 55 heavy (non-hydrogen) atoms. The molecule has 0 saturated heterocycles. The first-order valence-corrected chi connectivity index (χ1v) is 21.2. The molecule has 0 aliphatic heterocycles. The number of fused-ring (bicyclic) bond motifs is 2. The average molecular weight is 936 g/mol. The zero-order valence-electron chi connectivity index (χ0n) is 35.2. The fourth-order valence-electron chi connectivity index (χ4n) is 8.16. The molecule has 6 heteroatoms. The third-order valence-electron chi connectivity index (χ3n) is 11.9. The van der Waals surface area contributed by atoms with Crippen LogP contribution in [-0.4, -0.2) is 20.9 Å². The van der Waals surface area contributed by atoms with Gasteiger partial charge in [0, 0.05) is 53.3 Å². The van der Waals surface area contributed by atoms with Gasteiger partial charge in [-0.05, 0) is 104 Å². The van der Waals surface area contributed by atoms with E-state index in [1.54, 1.807) is 6.33 Å². The molecule has 1 N–H and O–H groups in total. The van der Waals surface area contributed by atoms with Crippen LogP contribution >= 0.6 is 11.3 Å². The van der Waals surface area contributed by atoms with Crippen molar-refractivity contribution < 1.29 is 30.0 Å². The Morgan fingerprint density at radius 3 is 2.18 bits per heavy atom. The molecule has 4 nitrogen and oxygen atoms in total. The van der Waals surface area contributed by atoms with Gasteiger partial charge in [0.1, 0.15) is 6.33 Å². The van der Waals surface area contributed by atoms with E-state index in [9.17, 15) is 9.90 Å². The second kappa shape index (κ2) is 18.8. The van der Waals surface area contributed by atoms with E-state index in [0.29, 0.717) is 11.3 Å². The normalized spacial score (nSPS) is 15.0. The number of hydrogen-bond acceptors (Lipinski definition) is 5. The molecule has 297 valence electrons. The number of benzene rings is 3. The summed E-state index contributed by atoms with van der Waals surface area (Å²) in [6.07, 6.45) is 11.9. The Hall–Kier alpha value is -3.18. The number of thiophene rings is 1. The predicted octanol–water partition coefficient (Wildman–Crippen LogP) is 14.4. The van der Waals surface area contributed by atoms with Crippen molar-refractivity contribution in [2.24, 2.45) is 17.3 Å². The fraction of sp³-hybridized carbons (Fsp3) is 0.490. The second-order valence-corrected chi connectivity index (χ2v) is 18.4. The number of aryl methyl sites for hydroxylation is 2. The summed E-state index contributed by atoms with van der Waals surface area (Å²) in [5.74, 6) is 1.23. The molecule has 1 saturated carbocycles. The monoisotopic (exact) mass is 936 g/mol. The van der Waals surface area contributed by atoms with Crippen LogP contribution < -0.4 is 0 Å². The number of ketones is 1. The summed E-state index contributed by atoms with van der Waals surface area (Å²) in [5.41, 5.74) is 10.3. The summed E-state index contributed by atoms with van der Waals surface area (Å²) in [6.45, 7) is 24.2. The summed E-state index contributed by atoms with van der Waals surface area (Å²) >= 11 is 1.83. The van der Waals surface area contributed by atoms with Crippen molar-refractivity contribution in [1.29, 1.82) is 0 Å². The Kier molecular flexibility index (Phi) is 15.3. The smallest absolute Gasteiger partial charge is 0.162 e. The van der Waals surface area contributed by atoms with Gasteiger partial charge >= 0.3 is 0 Å². The Balaban J connectivity index is 0.000000360. The van der Waals surface area contributed by atoms with E-state index in [-0.39, 0.29) is 48.9 Å². The van der Waals surface area contributed by atoms with Crippen LogP contribution in [0.25, 0.3) is 42.7 Å². The summed E-state index contributed by atoms with van der Waals surface area (Å²) in [6, 6.07) is 21.8. The third kappa shape index (κ3) is 10.2. The number of carbonyl (C=O) groups is 1. The Morgan fingerprint density at radius 1 is 0.945 bits per heavy atom. The molecule has 1 radical (unpaired) electrons. The number of nitrogens with zero attached hydrogens (tertiary/aromatic N) is 2. The number of aliphatic hydroxyl groups is 1. The molecule has 0 unspecified atom stereocenters. The summed E-state index contributed by atoms with van der Waals surface area (Å²) in [5, 5.41) is 12.2. The molecule has 6 rings (SSSR count). The van der Waals surface area contributed by atoms with Gasteiger partial charge < -0.3 is 5.11 Å². The van der Waals surface area contributed by atoms with Gasteiger partial charge in [-0.1, -0.05) is 110 Å². The van der Waals surface area contributed by atoms with Gasteiger partial charge in [0.05, 0.1) is 11.3 Å². The molecule has 0 amide bonds. The number of rotatable bonds is 10. The van der Waals surface area contributed by atoms with E-state index < -0.39 is 0 Å². The van der Waals surface area contributed by atoms with Crippen molar-refractivity contribution in [3.8, 4) is 21.7 Å². The van der Waals surface area contributed by atoms with E-state index in [4.69, 9.17) is 9.97 Å². The molecule has 2 aromatic heterocycles. The Labute approximate surface area is 349 Å². The topological polar surface area (TPSA) is 63.1 Å². The van der Waals surface area contributed by atoms with Crippen molar-refractivity contribution in [3.63, 3.8) is 0 Å². The summed E-state index contributed by atoms with van der Waals surface area (Å²) in [4.78, 5) is 22.6. The maximum Gasteiger partial charge on any atom is 0.162 e. The molecule has 1 aliphatic rings. The zero-order valence-corrected chi connectivity index (χ0v) is 38.4. The van der Waals surface area contributed by atoms with Gasteiger partial charge in [0.2, 0.25) is 0 Å². The van der Waals surface area contributed by atoms with Crippen LogP contribution in [0.3, 0.4) is 0 Å². The van der Waals surface area contributed by atoms with Gasteiger partial charge in [-0.15, -0.1) is 40.5 Å². The third-order valence-corrected chi connectivity index (χ3v) is 13.3. The van der Waals surface area contributed by atoms with Crippen molar-refractivity contribution in [1.82, 2.24) is 9.97 Å². The molecular weight excluding hydrogens is 873 g/mol. The first-order chi connectivity index (χ1) is 25.6. The molecule has 0 spiro atoms. The van der Waals surface area contributed by atoms with Gasteiger partial charge in [0.25, 0.3) is 0 Å². The van der Waals surface area contributed by atoms with E-state index in [1.807, 2.05) is 39.0 Å².